The molecule has 0 spiro atoms. The van der Waals surface area contributed by atoms with Crippen molar-refractivity contribution < 1.29 is 35.4 Å². The first-order valence-corrected chi connectivity index (χ1v) is 23.4. The van der Waals surface area contributed by atoms with Crippen LogP contribution in [-0.4, -0.2) is 39.2 Å². The topological polar surface area (TPSA) is 133 Å². The van der Waals surface area contributed by atoms with Crippen LogP contribution in [0.25, 0.3) is 0 Å². The molecule has 0 fully saturated rings. The normalized spacial score (nSPS) is 11.4. The molecule has 0 saturated carbocycles. The van der Waals surface area contributed by atoms with Gasteiger partial charge in [-0.2, -0.15) is 0 Å². The van der Waals surface area contributed by atoms with Crippen molar-refractivity contribution in [3.05, 3.63) is 82.9 Å². The highest BCUT2D eigenvalue weighted by Crippen LogP contribution is 2.30. The van der Waals surface area contributed by atoms with Crippen molar-refractivity contribution in [2.24, 2.45) is 0 Å². The summed E-state index contributed by atoms with van der Waals surface area (Å²) < 4.78 is 81.2. The highest BCUT2D eigenvalue weighted by Gasteiger charge is 2.12. The van der Waals surface area contributed by atoms with Crippen LogP contribution < -0.4 is 9.47 Å². The summed E-state index contributed by atoms with van der Waals surface area (Å²) in [7, 11) is -9.15. The van der Waals surface area contributed by atoms with Gasteiger partial charge in [-0.1, -0.05) is 153 Å². The van der Waals surface area contributed by atoms with Crippen LogP contribution in [-0.2, 0) is 20.2 Å². The van der Waals surface area contributed by atoms with Crippen LogP contribution in [0.3, 0.4) is 0 Å². The fourth-order valence-corrected chi connectivity index (χ4v) is 7.17. The average molecular weight is 805 g/mol. The number of benzene rings is 3. The zero-order valence-corrected chi connectivity index (χ0v) is 35.0. The van der Waals surface area contributed by atoms with Crippen molar-refractivity contribution >= 4 is 20.2 Å². The number of unbranched alkanes of at least 4 members (excludes halogenated alkanes) is 18. The summed E-state index contributed by atoms with van der Waals surface area (Å²) in [6.45, 7) is 5.43. The van der Waals surface area contributed by atoms with E-state index >= 15 is 0 Å². The number of rotatable bonds is 26. The Labute approximate surface area is 337 Å². The van der Waals surface area contributed by atoms with Gasteiger partial charge in [0.2, 0.25) is 0 Å². The van der Waals surface area contributed by atoms with Crippen molar-refractivity contribution in [3.8, 4) is 35.2 Å². The van der Waals surface area contributed by atoms with Gasteiger partial charge in [0.1, 0.15) is 31.7 Å². The van der Waals surface area contributed by atoms with E-state index in [0.717, 1.165) is 38.5 Å². The summed E-state index contributed by atoms with van der Waals surface area (Å²) in [6.07, 6.45) is 24.0. The number of ether oxygens (including phenoxy) is 2. The van der Waals surface area contributed by atoms with Gasteiger partial charge in [0, 0.05) is 23.3 Å². The molecule has 0 saturated heterocycles. The lowest BCUT2D eigenvalue weighted by atomic mass is 10.1. The molecular weight excluding hydrogens is 745 g/mol. The third-order valence-corrected chi connectivity index (χ3v) is 11.3. The van der Waals surface area contributed by atoms with Gasteiger partial charge in [-0.3, -0.25) is 0 Å². The molecule has 3 rings (SSSR count). The highest BCUT2D eigenvalue weighted by molar-refractivity contribution is 7.86. The maximum Gasteiger partial charge on any atom is 0.136 e. The summed E-state index contributed by atoms with van der Waals surface area (Å²) in [4.78, 5) is -0.642. The zero-order chi connectivity index (χ0) is 40.5. The van der Waals surface area contributed by atoms with E-state index in [1.807, 2.05) is 12.1 Å². The SMILES string of the molecule is CCCCCCCCCCCCOc1cc(C#Cc2ccc(S(=O)(=O)[O-])cc2)c(OCCCCCCCCCCCC)cc1C#Cc1ccc(S(=O)(=O)[O-])cc1. The Kier molecular flexibility index (Phi) is 21.8. The molecule has 0 aliphatic heterocycles. The van der Waals surface area contributed by atoms with Crippen LogP contribution in [0.4, 0.5) is 0 Å². The van der Waals surface area contributed by atoms with Crippen molar-refractivity contribution in [2.45, 2.75) is 152 Å². The van der Waals surface area contributed by atoms with Gasteiger partial charge in [-0.15, -0.1) is 0 Å². The van der Waals surface area contributed by atoms with Crippen LogP contribution in [0.1, 0.15) is 165 Å². The van der Waals surface area contributed by atoms with E-state index < -0.39 is 20.2 Å². The Morgan fingerprint density at radius 2 is 0.714 bits per heavy atom. The van der Waals surface area contributed by atoms with Crippen LogP contribution in [0.2, 0.25) is 0 Å². The van der Waals surface area contributed by atoms with E-state index in [1.54, 1.807) is 0 Å². The standard InChI is InChI=1S/C46H62O8S2/c1-3-5-7-9-11-13-15-17-19-21-35-53-45-37-42(30-24-40-27-33-44(34-28-40)56(50,51)52)46(54-36-22-20-18-16-14-12-10-8-6-4-2)38-41(45)29-23-39-25-31-43(32-26-39)55(47,48)49/h25-28,31-34,37-38H,3-22,35-36H2,1-2H3,(H,47,48,49)(H,50,51,52)/p-2. The van der Waals surface area contributed by atoms with Crippen molar-refractivity contribution in [3.63, 3.8) is 0 Å². The number of hydrogen-bond acceptors (Lipinski definition) is 8. The largest absolute Gasteiger partial charge is 0.744 e. The third-order valence-electron chi connectivity index (χ3n) is 9.56. The van der Waals surface area contributed by atoms with E-state index in [9.17, 15) is 25.9 Å². The molecule has 56 heavy (non-hydrogen) atoms. The summed E-state index contributed by atoms with van der Waals surface area (Å²) in [5.74, 6) is 13.5. The maximum atomic E-state index is 11.4. The van der Waals surface area contributed by atoms with E-state index in [0.29, 0.717) is 47.0 Å². The van der Waals surface area contributed by atoms with E-state index in [-0.39, 0.29) is 9.79 Å². The Hall–Kier alpha value is -3.80. The van der Waals surface area contributed by atoms with Crippen LogP contribution in [0.5, 0.6) is 11.5 Å². The van der Waals surface area contributed by atoms with Crippen LogP contribution in [0.15, 0.2) is 70.5 Å². The summed E-state index contributed by atoms with van der Waals surface area (Å²) >= 11 is 0. The van der Waals surface area contributed by atoms with E-state index in [1.165, 1.54) is 138 Å². The molecule has 0 heterocycles. The quantitative estimate of drug-likeness (QED) is 0.0445. The first kappa shape index (κ1) is 46.6. The molecule has 10 heteroatoms. The first-order valence-electron chi connectivity index (χ1n) is 20.6. The molecule has 0 bridgehead atoms. The molecule has 3 aromatic rings. The highest BCUT2D eigenvalue weighted by atomic mass is 32.2. The Morgan fingerprint density at radius 1 is 0.429 bits per heavy atom. The van der Waals surface area contributed by atoms with Gasteiger partial charge in [0.15, 0.2) is 0 Å². The van der Waals surface area contributed by atoms with E-state index in [2.05, 4.69) is 37.5 Å². The first-order chi connectivity index (χ1) is 27.0. The third kappa shape index (κ3) is 18.9. The van der Waals surface area contributed by atoms with Gasteiger partial charge >= 0.3 is 0 Å². The van der Waals surface area contributed by atoms with Gasteiger partial charge in [0.05, 0.1) is 34.1 Å². The summed E-state index contributed by atoms with van der Waals surface area (Å²) in [5.41, 5.74) is 2.20. The second-order valence-corrected chi connectivity index (χ2v) is 17.1. The fourth-order valence-electron chi connectivity index (χ4n) is 6.23. The molecular formula is C46H60O8S2-2. The lowest BCUT2D eigenvalue weighted by molar-refractivity contribution is 0.295. The van der Waals surface area contributed by atoms with Crippen LogP contribution >= 0.6 is 0 Å². The molecule has 0 unspecified atom stereocenters. The molecule has 0 aliphatic carbocycles. The Bertz CT molecular complexity index is 1790. The molecule has 0 N–H and O–H groups in total. The minimum Gasteiger partial charge on any atom is -0.744 e. The molecule has 0 radical (unpaired) electrons. The maximum absolute atomic E-state index is 11.4. The molecule has 3 aromatic carbocycles. The predicted molar refractivity (Wildman–Crippen MR) is 222 cm³/mol. The second kappa shape index (κ2) is 26.2. The van der Waals surface area contributed by atoms with Crippen LogP contribution in [0, 0.1) is 23.7 Å². The van der Waals surface area contributed by atoms with Crippen molar-refractivity contribution in [1.29, 1.82) is 0 Å². The molecule has 0 aromatic heterocycles. The molecule has 8 nitrogen and oxygen atoms in total. The van der Waals surface area contributed by atoms with Crippen molar-refractivity contribution in [2.75, 3.05) is 13.2 Å². The minimum absolute atomic E-state index is 0.321. The summed E-state index contributed by atoms with van der Waals surface area (Å²) in [5, 5.41) is 0. The molecule has 306 valence electrons. The lowest BCUT2D eigenvalue weighted by Crippen LogP contribution is -2.03. The van der Waals surface area contributed by atoms with Crippen molar-refractivity contribution in [1.82, 2.24) is 0 Å². The molecule has 0 atom stereocenters. The Balaban J connectivity index is 1.81. The molecule has 0 aliphatic rings. The van der Waals surface area contributed by atoms with Gasteiger partial charge in [-0.05, 0) is 61.4 Å². The fraction of sp³-hybridized carbons (Fsp3) is 0.522. The predicted octanol–water partition coefficient (Wildman–Crippen LogP) is 10.9. The minimum atomic E-state index is -4.57. The summed E-state index contributed by atoms with van der Waals surface area (Å²) in [6, 6.07) is 14.6. The van der Waals surface area contributed by atoms with E-state index in [4.69, 9.17) is 9.47 Å². The smallest absolute Gasteiger partial charge is 0.136 e. The average Bonchev–Trinajstić information content (AvgIpc) is 3.17. The number of hydrogen-bond donors (Lipinski definition) is 0. The monoisotopic (exact) mass is 804 g/mol. The Morgan fingerprint density at radius 3 is 1.00 bits per heavy atom. The van der Waals surface area contributed by atoms with Gasteiger partial charge in [-0.25, -0.2) is 16.8 Å². The van der Waals surface area contributed by atoms with Gasteiger partial charge in [0.25, 0.3) is 0 Å². The lowest BCUT2D eigenvalue weighted by Gasteiger charge is -2.14. The van der Waals surface area contributed by atoms with Gasteiger partial charge < -0.3 is 18.6 Å². The molecule has 0 amide bonds. The zero-order valence-electron chi connectivity index (χ0n) is 33.4. The second-order valence-electron chi connectivity index (χ2n) is 14.4.